The predicted molar refractivity (Wildman–Crippen MR) is 67.1 cm³/mol. The first kappa shape index (κ1) is 10.4. The van der Waals surface area contributed by atoms with Crippen LogP contribution in [0, 0.1) is 0 Å². The molecule has 3 heteroatoms. The van der Waals surface area contributed by atoms with Crippen molar-refractivity contribution in [3.63, 3.8) is 0 Å². The lowest BCUT2D eigenvalue weighted by Gasteiger charge is -2.27. The highest BCUT2D eigenvalue weighted by Gasteiger charge is 2.22. The summed E-state index contributed by atoms with van der Waals surface area (Å²) < 4.78 is 5.29. The summed E-state index contributed by atoms with van der Waals surface area (Å²) in [6.07, 6.45) is 1.06. The van der Waals surface area contributed by atoms with Gasteiger partial charge in [0, 0.05) is 24.5 Å². The van der Waals surface area contributed by atoms with E-state index in [1.54, 1.807) is 7.11 Å². The molecule has 2 heterocycles. The van der Waals surface area contributed by atoms with Crippen LogP contribution in [0.25, 0.3) is 5.57 Å². The molecule has 1 aromatic rings. The zero-order chi connectivity index (χ0) is 12.0. The minimum atomic E-state index is 0.907. The fourth-order valence-electron chi connectivity index (χ4n) is 2.48. The third kappa shape index (κ3) is 1.46. The smallest absolute Gasteiger partial charge is 0.119 e. The number of rotatable bonds is 1. The molecule has 0 fully saturated rings. The second-order valence-corrected chi connectivity index (χ2v) is 4.58. The van der Waals surface area contributed by atoms with E-state index in [1.165, 1.54) is 16.5 Å². The molecule has 17 heavy (non-hydrogen) atoms. The van der Waals surface area contributed by atoms with Crippen LogP contribution in [0.4, 0.5) is 0 Å². The van der Waals surface area contributed by atoms with Crippen LogP contribution in [0.5, 0.6) is 5.75 Å². The Labute approximate surface area is 101 Å². The SMILES string of the molecule is COc1ccc2c(c1)=C1CCN(C)C(C)=C1N=2. The average molecular weight is 228 g/mol. The van der Waals surface area contributed by atoms with Crippen molar-refractivity contribution < 1.29 is 4.74 Å². The average Bonchev–Trinajstić information content (AvgIpc) is 2.72. The Morgan fingerprint density at radius 1 is 1.35 bits per heavy atom. The highest BCUT2D eigenvalue weighted by Crippen LogP contribution is 2.28. The maximum atomic E-state index is 5.29. The van der Waals surface area contributed by atoms with Crippen molar-refractivity contribution in [2.75, 3.05) is 20.7 Å². The maximum Gasteiger partial charge on any atom is 0.119 e. The summed E-state index contributed by atoms with van der Waals surface area (Å²) >= 11 is 0. The summed E-state index contributed by atoms with van der Waals surface area (Å²) in [6.45, 7) is 3.21. The van der Waals surface area contributed by atoms with Crippen molar-refractivity contribution in [1.82, 2.24) is 4.90 Å². The predicted octanol–water partition coefficient (Wildman–Crippen LogP) is 1.05. The van der Waals surface area contributed by atoms with Gasteiger partial charge >= 0.3 is 0 Å². The number of methoxy groups -OCH3 is 1. The number of hydrogen-bond donors (Lipinski definition) is 0. The summed E-state index contributed by atoms with van der Waals surface area (Å²) in [5, 5.41) is 2.32. The van der Waals surface area contributed by atoms with Gasteiger partial charge in [-0.05, 0) is 37.1 Å². The Morgan fingerprint density at radius 2 is 2.18 bits per heavy atom. The third-order valence-corrected chi connectivity index (χ3v) is 3.66. The molecule has 0 N–H and O–H groups in total. The third-order valence-electron chi connectivity index (χ3n) is 3.66. The molecule has 3 rings (SSSR count). The van der Waals surface area contributed by atoms with Gasteiger partial charge in [0.15, 0.2) is 0 Å². The van der Waals surface area contributed by atoms with Crippen LogP contribution in [0.2, 0.25) is 0 Å². The van der Waals surface area contributed by atoms with Crippen LogP contribution in [0.1, 0.15) is 13.3 Å². The van der Waals surface area contributed by atoms with Gasteiger partial charge in [-0.25, -0.2) is 4.99 Å². The standard InChI is InChI=1S/C14H16N2O/c1-9-14-11(6-7-16(9)2)12-8-10(17-3)4-5-13(12)15-14/h4-5,8H,6-7H2,1-3H3. The normalized spacial score (nSPS) is 17.8. The fourth-order valence-corrected chi connectivity index (χ4v) is 2.48. The van der Waals surface area contributed by atoms with E-state index in [4.69, 9.17) is 9.73 Å². The molecule has 0 atom stereocenters. The molecule has 2 aliphatic rings. The van der Waals surface area contributed by atoms with Crippen LogP contribution < -0.4 is 15.3 Å². The summed E-state index contributed by atoms with van der Waals surface area (Å²) in [5.74, 6) is 0.907. The summed E-state index contributed by atoms with van der Waals surface area (Å²) in [7, 11) is 3.83. The minimum absolute atomic E-state index is 0.907. The van der Waals surface area contributed by atoms with E-state index in [1.807, 2.05) is 12.1 Å². The van der Waals surface area contributed by atoms with Crippen LogP contribution in [-0.4, -0.2) is 25.6 Å². The molecule has 2 aliphatic heterocycles. The van der Waals surface area contributed by atoms with Crippen LogP contribution in [-0.2, 0) is 0 Å². The number of benzene rings is 1. The van der Waals surface area contributed by atoms with Crippen molar-refractivity contribution >= 4 is 5.57 Å². The van der Waals surface area contributed by atoms with Crippen molar-refractivity contribution in [1.29, 1.82) is 0 Å². The number of ether oxygens (including phenoxy) is 1. The Kier molecular flexibility index (Phi) is 2.21. The molecule has 3 nitrogen and oxygen atoms in total. The van der Waals surface area contributed by atoms with E-state index >= 15 is 0 Å². The lowest BCUT2D eigenvalue weighted by Crippen LogP contribution is -2.27. The number of allylic oxidation sites excluding steroid dienone is 2. The summed E-state index contributed by atoms with van der Waals surface area (Å²) in [5.41, 5.74) is 3.79. The lowest BCUT2D eigenvalue weighted by atomic mass is 10.0. The topological polar surface area (TPSA) is 24.8 Å². The van der Waals surface area contributed by atoms with Crippen LogP contribution in [0.15, 0.2) is 34.6 Å². The van der Waals surface area contributed by atoms with Crippen molar-refractivity contribution in [3.05, 3.63) is 40.2 Å². The Bertz CT molecular complexity index is 628. The molecule has 1 aromatic carbocycles. The molecule has 0 amide bonds. The highest BCUT2D eigenvalue weighted by atomic mass is 16.5. The maximum absolute atomic E-state index is 5.29. The van der Waals surface area contributed by atoms with Crippen LogP contribution in [0.3, 0.4) is 0 Å². The Balaban J connectivity index is 2.31. The molecule has 0 saturated heterocycles. The van der Waals surface area contributed by atoms with Crippen LogP contribution >= 0.6 is 0 Å². The summed E-state index contributed by atoms with van der Waals surface area (Å²) in [6, 6.07) is 6.11. The minimum Gasteiger partial charge on any atom is -0.497 e. The summed E-state index contributed by atoms with van der Waals surface area (Å²) in [4.78, 5) is 7.00. The van der Waals surface area contributed by atoms with Gasteiger partial charge in [0.25, 0.3) is 0 Å². The van der Waals surface area contributed by atoms with Gasteiger partial charge in [-0.15, -0.1) is 0 Å². The van der Waals surface area contributed by atoms with E-state index in [0.29, 0.717) is 0 Å². The molecule has 0 bridgehead atoms. The van der Waals surface area contributed by atoms with Gasteiger partial charge in [0.2, 0.25) is 0 Å². The van der Waals surface area contributed by atoms with Gasteiger partial charge in [-0.1, -0.05) is 0 Å². The highest BCUT2D eigenvalue weighted by molar-refractivity contribution is 5.68. The van der Waals surface area contributed by atoms with Gasteiger partial charge in [-0.2, -0.15) is 0 Å². The zero-order valence-corrected chi connectivity index (χ0v) is 10.4. The molecule has 88 valence electrons. The van der Waals surface area contributed by atoms with E-state index in [2.05, 4.69) is 24.9 Å². The Morgan fingerprint density at radius 3 is 2.94 bits per heavy atom. The number of hydrogen-bond acceptors (Lipinski definition) is 3. The second kappa shape index (κ2) is 3.62. The molecule has 0 aliphatic carbocycles. The van der Waals surface area contributed by atoms with Gasteiger partial charge in [-0.3, -0.25) is 0 Å². The lowest BCUT2D eigenvalue weighted by molar-refractivity contribution is 0.412. The molecule has 0 spiro atoms. The molecule has 0 saturated carbocycles. The van der Waals surface area contributed by atoms with Gasteiger partial charge in [0.05, 0.1) is 18.2 Å². The molecule has 0 unspecified atom stereocenters. The fraction of sp³-hybridized carbons (Fsp3) is 0.357. The van der Waals surface area contributed by atoms with Gasteiger partial charge in [0.1, 0.15) is 5.75 Å². The molecule has 0 radical (unpaired) electrons. The first-order valence-corrected chi connectivity index (χ1v) is 5.89. The van der Waals surface area contributed by atoms with E-state index in [-0.39, 0.29) is 0 Å². The molecular formula is C14H16N2O. The quantitative estimate of drug-likeness (QED) is 0.717. The van der Waals surface area contributed by atoms with E-state index < -0.39 is 0 Å². The van der Waals surface area contributed by atoms with Crippen molar-refractivity contribution in [2.45, 2.75) is 13.3 Å². The largest absolute Gasteiger partial charge is 0.497 e. The van der Waals surface area contributed by atoms with Crippen molar-refractivity contribution in [3.8, 4) is 5.75 Å². The monoisotopic (exact) mass is 228 g/mol. The Hall–Kier alpha value is -1.77. The zero-order valence-electron chi connectivity index (χ0n) is 10.4. The molecule has 0 aromatic heterocycles. The first-order valence-electron chi connectivity index (χ1n) is 5.89. The van der Waals surface area contributed by atoms with Gasteiger partial charge < -0.3 is 9.64 Å². The van der Waals surface area contributed by atoms with E-state index in [0.717, 1.165) is 29.8 Å². The second-order valence-electron chi connectivity index (χ2n) is 4.58. The number of fused-ring (bicyclic) bond motifs is 2. The van der Waals surface area contributed by atoms with E-state index in [9.17, 15) is 0 Å². The number of nitrogens with zero attached hydrogens (tertiary/aromatic N) is 2. The molecular weight excluding hydrogens is 212 g/mol. The first-order chi connectivity index (χ1) is 8.20. The van der Waals surface area contributed by atoms with Crippen molar-refractivity contribution in [2.24, 2.45) is 4.99 Å².